The van der Waals surface area contributed by atoms with Gasteiger partial charge in [0.2, 0.25) is 5.91 Å². The maximum atomic E-state index is 14.7. The Kier molecular flexibility index (Phi) is 8.24. The number of fused-ring (bicyclic) bond motifs is 2. The second-order valence-electron chi connectivity index (χ2n) is 15.7. The molecule has 9 rings (SSSR count). The van der Waals surface area contributed by atoms with Crippen LogP contribution >= 0.6 is 0 Å². The van der Waals surface area contributed by atoms with Crippen molar-refractivity contribution in [3.63, 3.8) is 0 Å². The Morgan fingerprint density at radius 3 is 2.47 bits per heavy atom. The van der Waals surface area contributed by atoms with Crippen LogP contribution in [0.25, 0.3) is 11.1 Å². The van der Waals surface area contributed by atoms with Gasteiger partial charge >= 0.3 is 5.97 Å². The molecule has 0 unspecified atom stereocenters. The molecule has 0 radical (unpaired) electrons. The lowest BCUT2D eigenvalue weighted by atomic mass is 9.66. The smallest absolute Gasteiger partial charge is 0.356 e. The molecule has 1 saturated carbocycles. The number of alkyl halides is 2. The third-order valence-corrected chi connectivity index (χ3v) is 12.4. The molecule has 4 aromatic rings. The predicted molar refractivity (Wildman–Crippen MR) is 192 cm³/mol. The van der Waals surface area contributed by atoms with Crippen molar-refractivity contribution in [2.75, 3.05) is 49.1 Å². The highest BCUT2D eigenvalue weighted by Gasteiger charge is 2.50. The van der Waals surface area contributed by atoms with E-state index in [0.717, 1.165) is 93.8 Å². The first-order valence-corrected chi connectivity index (χ1v) is 18.7. The van der Waals surface area contributed by atoms with E-state index < -0.39 is 12.4 Å². The fourth-order valence-corrected chi connectivity index (χ4v) is 9.41. The van der Waals surface area contributed by atoms with Crippen LogP contribution < -0.4 is 9.80 Å². The van der Waals surface area contributed by atoms with Crippen LogP contribution in [0.5, 0.6) is 0 Å². The molecule has 1 aromatic carbocycles. The van der Waals surface area contributed by atoms with Crippen molar-refractivity contribution >= 4 is 29.2 Å². The van der Waals surface area contributed by atoms with Gasteiger partial charge in [0.05, 0.1) is 18.8 Å². The van der Waals surface area contributed by atoms with Gasteiger partial charge in [-0.05, 0) is 79.3 Å². The van der Waals surface area contributed by atoms with Crippen LogP contribution in [0.2, 0.25) is 0 Å². The number of benzene rings is 1. The normalized spacial score (nSPS) is 20.4. The molecule has 0 bridgehead atoms. The van der Waals surface area contributed by atoms with Gasteiger partial charge in [-0.2, -0.15) is 10.2 Å². The zero-order valence-electron chi connectivity index (χ0n) is 30.1. The maximum absolute atomic E-state index is 14.7. The number of carboxylic acids is 1. The summed E-state index contributed by atoms with van der Waals surface area (Å²) >= 11 is 0. The number of carbonyl (C=O) groups is 2. The van der Waals surface area contributed by atoms with Crippen molar-refractivity contribution in [3.05, 3.63) is 64.7 Å². The highest BCUT2D eigenvalue weighted by Crippen LogP contribution is 2.50. The van der Waals surface area contributed by atoms with Gasteiger partial charge in [0.1, 0.15) is 0 Å². The molecule has 0 atom stereocenters. The third-order valence-electron chi connectivity index (χ3n) is 12.4. The molecule has 1 amide bonds. The van der Waals surface area contributed by atoms with Crippen LogP contribution in [0.15, 0.2) is 36.7 Å². The molecular weight excluding hydrogens is 682 g/mol. The molecule has 13 nitrogen and oxygen atoms in total. The molecule has 1 N–H and O–H groups in total. The minimum absolute atomic E-state index is 0.00730. The van der Waals surface area contributed by atoms with Crippen molar-refractivity contribution in [1.82, 2.24) is 39.6 Å². The van der Waals surface area contributed by atoms with Gasteiger partial charge in [-0.1, -0.05) is 0 Å². The first-order chi connectivity index (χ1) is 25.6. The molecule has 5 aliphatic rings. The van der Waals surface area contributed by atoms with E-state index in [1.807, 2.05) is 11.0 Å². The van der Waals surface area contributed by atoms with E-state index in [4.69, 9.17) is 10.2 Å². The second-order valence-corrected chi connectivity index (χ2v) is 15.7. The van der Waals surface area contributed by atoms with Gasteiger partial charge in [0, 0.05) is 100.0 Å². The van der Waals surface area contributed by atoms with E-state index >= 15 is 0 Å². The van der Waals surface area contributed by atoms with E-state index in [1.54, 1.807) is 43.2 Å². The van der Waals surface area contributed by atoms with E-state index in [0.29, 0.717) is 48.0 Å². The Morgan fingerprint density at radius 1 is 1.02 bits per heavy atom. The lowest BCUT2D eigenvalue weighted by Gasteiger charge is -2.59. The molecule has 53 heavy (non-hydrogen) atoms. The molecule has 1 aliphatic carbocycles. The molecule has 4 aliphatic heterocycles. The number of likely N-dealkylation sites (tertiary alicyclic amines) is 1. The van der Waals surface area contributed by atoms with Crippen LogP contribution in [-0.2, 0) is 31.2 Å². The number of anilines is 3. The first-order valence-electron chi connectivity index (χ1n) is 18.7. The minimum Gasteiger partial charge on any atom is -0.476 e. The first kappa shape index (κ1) is 33.9. The summed E-state index contributed by atoms with van der Waals surface area (Å²) in [5.41, 5.74) is 5.48. The summed E-state index contributed by atoms with van der Waals surface area (Å²) in [4.78, 5) is 32.4. The Morgan fingerprint density at radius 2 is 1.81 bits per heavy atom. The van der Waals surface area contributed by atoms with Crippen molar-refractivity contribution in [2.24, 2.45) is 12.5 Å². The van der Waals surface area contributed by atoms with Gasteiger partial charge in [0.25, 0.3) is 6.43 Å². The van der Waals surface area contributed by atoms with Crippen LogP contribution in [0.4, 0.5) is 26.1 Å². The second kappa shape index (κ2) is 12.9. The monoisotopic (exact) mass is 726 g/mol. The molecule has 3 fully saturated rings. The zero-order valence-corrected chi connectivity index (χ0v) is 30.1. The molecular formula is C38H44F2N10O3. The topological polar surface area (TPSA) is 129 Å². The lowest BCUT2D eigenvalue weighted by Crippen LogP contribution is -2.69. The van der Waals surface area contributed by atoms with Crippen LogP contribution in [0.3, 0.4) is 0 Å². The number of aryl methyl sites for hydroxylation is 2. The molecule has 278 valence electrons. The van der Waals surface area contributed by atoms with Gasteiger partial charge in [-0.3, -0.25) is 19.1 Å². The number of nitrogens with zero attached hydrogens (tertiary/aromatic N) is 10. The fraction of sp³-hybridized carbons (Fsp3) is 0.526. The van der Waals surface area contributed by atoms with E-state index in [-0.39, 0.29) is 23.2 Å². The molecule has 1 spiro atoms. The Balaban J connectivity index is 0.926. The molecule has 3 aromatic heterocycles. The number of carboxylic acid groups (broad SMARTS) is 1. The average Bonchev–Trinajstić information content (AvgIpc) is 3.73. The Hall–Kier alpha value is -4.92. The number of aromatic nitrogens is 6. The van der Waals surface area contributed by atoms with E-state index in [9.17, 15) is 18.4 Å². The standard InChI is InChI=1S/C38H44F2N10O3/c1-23(51)46-13-9-32-30(20-46)36(49-12-3-4-24-14-28(25-16-41-45(2)17-25)29(35(39)40)15-33(24)49)44-50(32)26-7-10-38(11-8-26)21-48(22-38)27-18-47(19-27)34-6-5-31(37(52)53)42-43-34/h5-6,14-17,26-27,35H,3-4,7-13,18-22H2,1-2H3,(H,52,53). The van der Waals surface area contributed by atoms with Crippen LogP contribution in [0.1, 0.15) is 84.4 Å². The minimum atomic E-state index is -2.65. The zero-order chi connectivity index (χ0) is 36.6. The summed E-state index contributed by atoms with van der Waals surface area (Å²) in [6.07, 6.45) is 7.46. The van der Waals surface area contributed by atoms with Crippen molar-refractivity contribution in [2.45, 2.75) is 76.9 Å². The van der Waals surface area contributed by atoms with Crippen LogP contribution in [0, 0.1) is 5.41 Å². The summed E-state index contributed by atoms with van der Waals surface area (Å²) in [7, 11) is 1.79. The molecule has 2 saturated heterocycles. The number of carbonyl (C=O) groups excluding carboxylic acids is 1. The largest absolute Gasteiger partial charge is 0.476 e. The van der Waals surface area contributed by atoms with E-state index in [2.05, 4.69) is 34.7 Å². The highest BCUT2D eigenvalue weighted by molar-refractivity contribution is 5.85. The van der Waals surface area contributed by atoms with Crippen molar-refractivity contribution in [3.8, 4) is 11.1 Å². The van der Waals surface area contributed by atoms with Crippen molar-refractivity contribution < 1.29 is 23.5 Å². The van der Waals surface area contributed by atoms with Gasteiger partial charge < -0.3 is 19.8 Å². The summed E-state index contributed by atoms with van der Waals surface area (Å²) in [6, 6.07) is 7.52. The number of hydrogen-bond donors (Lipinski definition) is 1. The van der Waals surface area contributed by atoms with Gasteiger partial charge in [-0.25, -0.2) is 13.6 Å². The SMILES string of the molecule is CC(=O)N1CCc2c(c(N3CCCc4cc(-c5cnn(C)c5)c(C(F)F)cc43)nn2C2CCC3(CC2)CN(C2CN(c4ccc(C(=O)O)nn4)C2)C3)C1. The van der Waals surface area contributed by atoms with Crippen molar-refractivity contribution in [1.29, 1.82) is 0 Å². The summed E-state index contributed by atoms with van der Waals surface area (Å²) in [5.74, 6) is 0.468. The number of amides is 1. The summed E-state index contributed by atoms with van der Waals surface area (Å²) in [5, 5.41) is 26.6. The molecule has 7 heterocycles. The number of hydrogen-bond acceptors (Lipinski definition) is 9. The number of halogens is 2. The average molecular weight is 727 g/mol. The predicted octanol–water partition coefficient (Wildman–Crippen LogP) is 5.00. The number of aromatic carboxylic acids is 1. The summed E-state index contributed by atoms with van der Waals surface area (Å²) in [6.45, 7) is 7.29. The maximum Gasteiger partial charge on any atom is 0.356 e. The highest BCUT2D eigenvalue weighted by atomic mass is 19.3. The fourth-order valence-electron chi connectivity index (χ4n) is 9.41. The Labute approximate surface area is 306 Å². The number of rotatable bonds is 7. The van der Waals surface area contributed by atoms with E-state index in [1.165, 1.54) is 11.8 Å². The molecule has 15 heteroatoms. The lowest BCUT2D eigenvalue weighted by molar-refractivity contribution is -0.129. The Bertz CT molecular complexity index is 2060. The van der Waals surface area contributed by atoms with Gasteiger partial charge in [-0.15, -0.1) is 10.2 Å². The quantitative estimate of drug-likeness (QED) is 0.278. The summed E-state index contributed by atoms with van der Waals surface area (Å²) < 4.78 is 33.2. The van der Waals surface area contributed by atoms with Crippen LogP contribution in [-0.4, -0.2) is 102 Å². The van der Waals surface area contributed by atoms with Gasteiger partial charge in [0.15, 0.2) is 17.3 Å². The third kappa shape index (κ3) is 5.92.